The summed E-state index contributed by atoms with van der Waals surface area (Å²) < 4.78 is 1.58. The lowest BCUT2D eigenvalue weighted by Crippen LogP contribution is -2.33. The number of hydrogen-bond donors (Lipinski definition) is 3. The fraction of sp³-hybridized carbons (Fsp3) is 0.667. The Bertz CT molecular complexity index is 414. The first kappa shape index (κ1) is 14.5. The van der Waals surface area contributed by atoms with Crippen LogP contribution in [0.5, 0.6) is 0 Å². The highest BCUT2D eigenvalue weighted by atomic mass is 16.3. The zero-order valence-corrected chi connectivity index (χ0v) is 11.2. The maximum atomic E-state index is 12.0. The minimum Gasteiger partial charge on any atom is -0.395 e. The molecule has 1 aromatic heterocycles. The summed E-state index contributed by atoms with van der Waals surface area (Å²) in [5.74, 6) is -0.287. The largest absolute Gasteiger partial charge is 0.395 e. The highest BCUT2D eigenvalue weighted by Crippen LogP contribution is 2.16. The summed E-state index contributed by atoms with van der Waals surface area (Å²) in [5, 5.41) is 16.4. The van der Waals surface area contributed by atoms with Gasteiger partial charge in [-0.3, -0.25) is 9.48 Å². The SMILES string of the molecule is CCCC(O)CNC(=O)c1c(N)c(C)nn1CC. The number of rotatable bonds is 6. The van der Waals surface area contributed by atoms with Crippen molar-refractivity contribution in [3.8, 4) is 0 Å². The minimum atomic E-state index is -0.515. The van der Waals surface area contributed by atoms with E-state index in [-0.39, 0.29) is 12.5 Å². The molecular formula is C12H22N4O2. The van der Waals surface area contributed by atoms with Crippen LogP contribution >= 0.6 is 0 Å². The van der Waals surface area contributed by atoms with Gasteiger partial charge < -0.3 is 16.2 Å². The van der Waals surface area contributed by atoms with E-state index in [1.165, 1.54) is 0 Å². The van der Waals surface area contributed by atoms with Gasteiger partial charge in [-0.25, -0.2) is 0 Å². The predicted molar refractivity (Wildman–Crippen MR) is 70.3 cm³/mol. The normalized spacial score (nSPS) is 12.4. The summed E-state index contributed by atoms with van der Waals surface area (Å²) in [6, 6.07) is 0. The van der Waals surface area contributed by atoms with Crippen molar-refractivity contribution in [2.45, 2.75) is 46.3 Å². The van der Waals surface area contributed by atoms with E-state index in [0.717, 1.165) is 6.42 Å². The van der Waals surface area contributed by atoms with Crippen LogP contribution in [0, 0.1) is 6.92 Å². The van der Waals surface area contributed by atoms with Gasteiger partial charge in [0.1, 0.15) is 5.69 Å². The number of hydrogen-bond acceptors (Lipinski definition) is 4. The molecule has 1 heterocycles. The average molecular weight is 254 g/mol. The summed E-state index contributed by atoms with van der Waals surface area (Å²) in [7, 11) is 0. The molecule has 0 saturated carbocycles. The van der Waals surface area contributed by atoms with E-state index >= 15 is 0 Å². The molecule has 6 nitrogen and oxygen atoms in total. The molecule has 0 spiro atoms. The number of nitrogens with zero attached hydrogens (tertiary/aromatic N) is 2. The molecule has 18 heavy (non-hydrogen) atoms. The molecule has 1 unspecified atom stereocenters. The third-order valence-corrected chi connectivity index (χ3v) is 2.81. The Hall–Kier alpha value is -1.56. The lowest BCUT2D eigenvalue weighted by Gasteiger charge is -2.11. The lowest BCUT2D eigenvalue weighted by atomic mass is 10.2. The van der Waals surface area contributed by atoms with Crippen LogP contribution in [-0.4, -0.2) is 33.4 Å². The highest BCUT2D eigenvalue weighted by Gasteiger charge is 2.19. The molecule has 4 N–H and O–H groups in total. The molecular weight excluding hydrogens is 232 g/mol. The number of nitrogens with two attached hydrogens (primary N) is 1. The van der Waals surface area contributed by atoms with Crippen molar-refractivity contribution in [1.29, 1.82) is 0 Å². The van der Waals surface area contributed by atoms with E-state index in [4.69, 9.17) is 5.73 Å². The van der Waals surface area contributed by atoms with Crippen LogP contribution in [0.25, 0.3) is 0 Å². The van der Waals surface area contributed by atoms with E-state index in [1.54, 1.807) is 11.6 Å². The fourth-order valence-corrected chi connectivity index (χ4v) is 1.79. The van der Waals surface area contributed by atoms with E-state index in [2.05, 4.69) is 10.4 Å². The van der Waals surface area contributed by atoms with Crippen LogP contribution in [0.15, 0.2) is 0 Å². The van der Waals surface area contributed by atoms with E-state index in [0.29, 0.717) is 30.0 Å². The number of nitrogens with one attached hydrogen (secondary N) is 1. The number of carbonyl (C=O) groups is 1. The smallest absolute Gasteiger partial charge is 0.271 e. The molecule has 1 amide bonds. The summed E-state index contributed by atoms with van der Waals surface area (Å²) >= 11 is 0. The molecule has 0 fully saturated rings. The molecule has 1 rings (SSSR count). The molecule has 1 aromatic rings. The number of aromatic nitrogens is 2. The molecule has 0 aromatic carbocycles. The number of aliphatic hydroxyl groups is 1. The van der Waals surface area contributed by atoms with Crippen molar-refractivity contribution in [1.82, 2.24) is 15.1 Å². The number of anilines is 1. The molecule has 102 valence electrons. The number of amides is 1. The second-order valence-electron chi connectivity index (χ2n) is 4.32. The number of aryl methyl sites for hydroxylation is 2. The second-order valence-corrected chi connectivity index (χ2v) is 4.32. The van der Waals surface area contributed by atoms with Crippen molar-refractivity contribution in [2.24, 2.45) is 0 Å². The first-order valence-electron chi connectivity index (χ1n) is 6.30. The van der Waals surface area contributed by atoms with Gasteiger partial charge in [-0.1, -0.05) is 13.3 Å². The summed E-state index contributed by atoms with van der Waals surface area (Å²) in [5.41, 5.74) is 7.26. The van der Waals surface area contributed by atoms with Crippen molar-refractivity contribution in [2.75, 3.05) is 12.3 Å². The van der Waals surface area contributed by atoms with Gasteiger partial charge in [0, 0.05) is 13.1 Å². The Morgan fingerprint density at radius 1 is 1.56 bits per heavy atom. The van der Waals surface area contributed by atoms with E-state index in [1.807, 2.05) is 13.8 Å². The number of nitrogen functional groups attached to an aromatic ring is 1. The van der Waals surface area contributed by atoms with Crippen molar-refractivity contribution >= 4 is 11.6 Å². The molecule has 0 aliphatic carbocycles. The van der Waals surface area contributed by atoms with Crippen LogP contribution < -0.4 is 11.1 Å². The summed E-state index contributed by atoms with van der Waals surface area (Å²) in [4.78, 5) is 12.0. The molecule has 0 radical (unpaired) electrons. The highest BCUT2D eigenvalue weighted by molar-refractivity contribution is 5.97. The average Bonchev–Trinajstić information content (AvgIpc) is 2.63. The van der Waals surface area contributed by atoms with Crippen LogP contribution in [-0.2, 0) is 6.54 Å². The zero-order chi connectivity index (χ0) is 13.7. The van der Waals surface area contributed by atoms with Crippen molar-refractivity contribution in [3.05, 3.63) is 11.4 Å². The maximum absolute atomic E-state index is 12.0. The van der Waals surface area contributed by atoms with Gasteiger partial charge in [0.05, 0.1) is 17.5 Å². The predicted octanol–water partition coefficient (Wildman–Crippen LogP) is 0.684. The van der Waals surface area contributed by atoms with Gasteiger partial charge in [0.25, 0.3) is 5.91 Å². The Kier molecular flexibility index (Phi) is 5.15. The topological polar surface area (TPSA) is 93.2 Å². The zero-order valence-electron chi connectivity index (χ0n) is 11.2. The van der Waals surface area contributed by atoms with Crippen LogP contribution in [0.1, 0.15) is 42.9 Å². The maximum Gasteiger partial charge on any atom is 0.271 e. The summed E-state index contributed by atoms with van der Waals surface area (Å²) in [6.45, 7) is 6.47. The minimum absolute atomic E-state index is 0.236. The third kappa shape index (κ3) is 3.22. The first-order valence-corrected chi connectivity index (χ1v) is 6.30. The fourth-order valence-electron chi connectivity index (χ4n) is 1.79. The van der Waals surface area contributed by atoms with Crippen molar-refractivity contribution < 1.29 is 9.90 Å². The van der Waals surface area contributed by atoms with E-state index < -0.39 is 6.10 Å². The molecule has 0 aliphatic rings. The first-order chi connectivity index (χ1) is 8.51. The monoisotopic (exact) mass is 254 g/mol. The number of aliphatic hydroxyl groups excluding tert-OH is 1. The molecule has 0 saturated heterocycles. The lowest BCUT2D eigenvalue weighted by molar-refractivity contribution is 0.0900. The van der Waals surface area contributed by atoms with Crippen LogP contribution in [0.4, 0.5) is 5.69 Å². The van der Waals surface area contributed by atoms with Gasteiger partial charge in [-0.2, -0.15) is 5.10 Å². The Labute approximate surface area is 107 Å². The third-order valence-electron chi connectivity index (χ3n) is 2.81. The molecule has 0 aliphatic heterocycles. The summed E-state index contributed by atoms with van der Waals surface area (Å²) in [6.07, 6.45) is 1.03. The van der Waals surface area contributed by atoms with Crippen LogP contribution in [0.3, 0.4) is 0 Å². The van der Waals surface area contributed by atoms with Gasteiger partial charge >= 0.3 is 0 Å². The van der Waals surface area contributed by atoms with Gasteiger partial charge in [0.2, 0.25) is 0 Å². The van der Waals surface area contributed by atoms with Gasteiger partial charge in [-0.15, -0.1) is 0 Å². The Balaban J connectivity index is 2.72. The Morgan fingerprint density at radius 2 is 2.22 bits per heavy atom. The van der Waals surface area contributed by atoms with Gasteiger partial charge in [-0.05, 0) is 20.3 Å². The standard InChI is InChI=1S/C12H22N4O2/c1-4-6-9(17)7-14-12(18)11-10(13)8(3)15-16(11)5-2/h9,17H,4-7,13H2,1-3H3,(H,14,18). The second kappa shape index (κ2) is 6.39. The molecule has 6 heteroatoms. The quantitative estimate of drug-likeness (QED) is 0.696. The van der Waals surface area contributed by atoms with Crippen LogP contribution in [0.2, 0.25) is 0 Å². The van der Waals surface area contributed by atoms with E-state index in [9.17, 15) is 9.90 Å². The van der Waals surface area contributed by atoms with Gasteiger partial charge in [0.15, 0.2) is 0 Å². The van der Waals surface area contributed by atoms with Crippen molar-refractivity contribution in [3.63, 3.8) is 0 Å². The Morgan fingerprint density at radius 3 is 2.78 bits per heavy atom. The number of carbonyl (C=O) groups excluding carboxylic acids is 1. The molecule has 1 atom stereocenters. The molecule has 0 bridgehead atoms.